The molecular formula is C11H11N5. The Labute approximate surface area is 92.2 Å². The number of nitrogens with one attached hydrogen (secondary N) is 1. The Balaban J connectivity index is 2.23. The minimum atomic E-state index is 0.738. The number of imidazole rings is 2. The first-order valence-electron chi connectivity index (χ1n) is 5.03. The SMILES string of the molecule is Cc1cnc2nc(-c3cncn3C)[nH]c2c1. The molecule has 5 heteroatoms. The molecule has 0 saturated carbocycles. The average Bonchev–Trinajstić information content (AvgIpc) is 2.82. The fourth-order valence-electron chi connectivity index (χ4n) is 1.71. The highest BCUT2D eigenvalue weighted by atomic mass is 15.1. The third-order valence-electron chi connectivity index (χ3n) is 2.53. The topological polar surface area (TPSA) is 59.4 Å². The van der Waals surface area contributed by atoms with Crippen molar-refractivity contribution in [1.29, 1.82) is 0 Å². The zero-order chi connectivity index (χ0) is 11.1. The highest BCUT2D eigenvalue weighted by molar-refractivity contribution is 5.75. The van der Waals surface area contributed by atoms with Gasteiger partial charge in [-0.2, -0.15) is 0 Å². The van der Waals surface area contributed by atoms with Gasteiger partial charge >= 0.3 is 0 Å². The number of hydrogen-bond donors (Lipinski definition) is 1. The summed E-state index contributed by atoms with van der Waals surface area (Å²) in [4.78, 5) is 16.0. The van der Waals surface area contributed by atoms with Crippen molar-refractivity contribution in [2.75, 3.05) is 0 Å². The third kappa shape index (κ3) is 1.29. The van der Waals surface area contributed by atoms with Gasteiger partial charge in [0.2, 0.25) is 0 Å². The summed E-state index contributed by atoms with van der Waals surface area (Å²) in [5, 5.41) is 0. The van der Waals surface area contributed by atoms with Gasteiger partial charge in [0.25, 0.3) is 0 Å². The van der Waals surface area contributed by atoms with E-state index in [2.05, 4.69) is 19.9 Å². The maximum atomic E-state index is 4.43. The monoisotopic (exact) mass is 213 g/mol. The van der Waals surface area contributed by atoms with Crippen LogP contribution in [0.4, 0.5) is 0 Å². The molecule has 0 atom stereocenters. The molecule has 3 aromatic rings. The summed E-state index contributed by atoms with van der Waals surface area (Å²) in [7, 11) is 1.94. The van der Waals surface area contributed by atoms with Crippen molar-refractivity contribution >= 4 is 11.2 Å². The smallest absolute Gasteiger partial charge is 0.178 e. The van der Waals surface area contributed by atoms with Crippen molar-refractivity contribution < 1.29 is 0 Å². The molecule has 80 valence electrons. The summed E-state index contributed by atoms with van der Waals surface area (Å²) in [5.74, 6) is 0.799. The molecule has 0 bridgehead atoms. The van der Waals surface area contributed by atoms with Gasteiger partial charge in [-0.25, -0.2) is 15.0 Å². The largest absolute Gasteiger partial charge is 0.335 e. The molecule has 0 radical (unpaired) electrons. The van der Waals surface area contributed by atoms with E-state index in [9.17, 15) is 0 Å². The first kappa shape index (κ1) is 9.08. The second kappa shape index (κ2) is 3.16. The number of aromatic nitrogens is 5. The van der Waals surface area contributed by atoms with Crippen LogP contribution < -0.4 is 0 Å². The van der Waals surface area contributed by atoms with Crippen LogP contribution in [0.15, 0.2) is 24.8 Å². The van der Waals surface area contributed by atoms with Crippen molar-refractivity contribution in [3.63, 3.8) is 0 Å². The van der Waals surface area contributed by atoms with Crippen LogP contribution in [0.5, 0.6) is 0 Å². The Morgan fingerprint density at radius 3 is 2.94 bits per heavy atom. The molecule has 0 fully saturated rings. The standard InChI is InChI=1S/C11H11N5/c1-7-3-8-10(13-4-7)15-11(14-8)9-5-12-6-16(9)2/h3-6H,1-2H3,(H,13,14,15). The van der Waals surface area contributed by atoms with Crippen LogP contribution in [0.25, 0.3) is 22.7 Å². The average molecular weight is 213 g/mol. The fraction of sp³-hybridized carbons (Fsp3) is 0.182. The molecule has 1 N–H and O–H groups in total. The van der Waals surface area contributed by atoms with E-state index in [4.69, 9.17) is 0 Å². The number of aromatic amines is 1. The number of hydrogen-bond acceptors (Lipinski definition) is 3. The highest BCUT2D eigenvalue weighted by Gasteiger charge is 2.08. The van der Waals surface area contributed by atoms with Crippen LogP contribution in [0.1, 0.15) is 5.56 Å². The van der Waals surface area contributed by atoms with Gasteiger partial charge in [-0.1, -0.05) is 0 Å². The summed E-state index contributed by atoms with van der Waals surface area (Å²) in [6, 6.07) is 2.04. The molecule has 0 aromatic carbocycles. The molecule has 3 heterocycles. The Morgan fingerprint density at radius 2 is 2.19 bits per heavy atom. The van der Waals surface area contributed by atoms with Gasteiger partial charge in [0.15, 0.2) is 11.5 Å². The van der Waals surface area contributed by atoms with E-state index < -0.39 is 0 Å². The van der Waals surface area contributed by atoms with Crippen molar-refractivity contribution in [2.24, 2.45) is 7.05 Å². The van der Waals surface area contributed by atoms with E-state index in [0.717, 1.165) is 28.2 Å². The minimum Gasteiger partial charge on any atom is -0.335 e. The van der Waals surface area contributed by atoms with Crippen molar-refractivity contribution in [2.45, 2.75) is 6.92 Å². The molecule has 5 nitrogen and oxygen atoms in total. The van der Waals surface area contributed by atoms with Crippen LogP contribution in [-0.4, -0.2) is 24.5 Å². The van der Waals surface area contributed by atoms with Crippen LogP contribution in [0.3, 0.4) is 0 Å². The Bertz CT molecular complexity index is 649. The fourth-order valence-corrected chi connectivity index (χ4v) is 1.71. The van der Waals surface area contributed by atoms with Crippen molar-refractivity contribution in [3.8, 4) is 11.5 Å². The van der Waals surface area contributed by atoms with Crippen molar-refractivity contribution in [3.05, 3.63) is 30.4 Å². The zero-order valence-electron chi connectivity index (χ0n) is 9.10. The molecule has 0 spiro atoms. The predicted octanol–water partition coefficient (Wildman–Crippen LogP) is 1.67. The second-order valence-electron chi connectivity index (χ2n) is 3.86. The molecule has 0 aliphatic carbocycles. The lowest BCUT2D eigenvalue weighted by molar-refractivity contribution is 0.913. The van der Waals surface area contributed by atoms with E-state index in [-0.39, 0.29) is 0 Å². The Kier molecular flexibility index (Phi) is 1.80. The van der Waals surface area contributed by atoms with Crippen LogP contribution in [0, 0.1) is 6.92 Å². The molecule has 0 amide bonds. The number of nitrogens with zero attached hydrogens (tertiary/aromatic N) is 4. The van der Waals surface area contributed by atoms with Gasteiger partial charge in [0.1, 0.15) is 5.69 Å². The van der Waals surface area contributed by atoms with Gasteiger partial charge in [0.05, 0.1) is 18.0 Å². The van der Waals surface area contributed by atoms with Gasteiger partial charge in [-0.05, 0) is 18.6 Å². The van der Waals surface area contributed by atoms with Gasteiger partial charge < -0.3 is 9.55 Å². The highest BCUT2D eigenvalue weighted by Crippen LogP contribution is 2.18. The zero-order valence-corrected chi connectivity index (χ0v) is 9.10. The molecule has 0 saturated heterocycles. The van der Waals surface area contributed by atoms with Gasteiger partial charge in [-0.3, -0.25) is 0 Å². The minimum absolute atomic E-state index is 0.738. The molecule has 3 rings (SSSR count). The van der Waals surface area contributed by atoms with E-state index in [1.54, 1.807) is 12.5 Å². The maximum Gasteiger partial charge on any atom is 0.178 e. The van der Waals surface area contributed by atoms with Crippen LogP contribution in [-0.2, 0) is 7.05 Å². The summed E-state index contributed by atoms with van der Waals surface area (Å²) >= 11 is 0. The van der Waals surface area contributed by atoms with E-state index in [1.807, 2.05) is 30.8 Å². The Morgan fingerprint density at radius 1 is 1.31 bits per heavy atom. The molecule has 16 heavy (non-hydrogen) atoms. The predicted molar refractivity (Wildman–Crippen MR) is 60.8 cm³/mol. The Hall–Kier alpha value is -2.17. The number of H-pyrrole nitrogens is 1. The summed E-state index contributed by atoms with van der Waals surface area (Å²) < 4.78 is 1.92. The summed E-state index contributed by atoms with van der Waals surface area (Å²) in [6.45, 7) is 2.01. The lowest BCUT2D eigenvalue weighted by Gasteiger charge is -1.95. The first-order valence-corrected chi connectivity index (χ1v) is 5.03. The number of aryl methyl sites for hydroxylation is 2. The molecular weight excluding hydrogens is 202 g/mol. The second-order valence-corrected chi connectivity index (χ2v) is 3.86. The lowest BCUT2D eigenvalue weighted by atomic mass is 10.3. The lowest BCUT2D eigenvalue weighted by Crippen LogP contribution is -1.90. The molecule has 3 aromatic heterocycles. The van der Waals surface area contributed by atoms with E-state index in [1.165, 1.54) is 0 Å². The van der Waals surface area contributed by atoms with E-state index in [0.29, 0.717) is 0 Å². The summed E-state index contributed by atoms with van der Waals surface area (Å²) in [6.07, 6.45) is 5.35. The van der Waals surface area contributed by atoms with Crippen LogP contribution in [0.2, 0.25) is 0 Å². The maximum absolute atomic E-state index is 4.43. The quantitative estimate of drug-likeness (QED) is 0.668. The number of fused-ring (bicyclic) bond motifs is 1. The van der Waals surface area contributed by atoms with E-state index >= 15 is 0 Å². The first-order chi connectivity index (χ1) is 7.74. The molecule has 0 aliphatic rings. The van der Waals surface area contributed by atoms with Gasteiger partial charge in [-0.15, -0.1) is 0 Å². The van der Waals surface area contributed by atoms with Crippen LogP contribution >= 0.6 is 0 Å². The molecule has 0 aliphatic heterocycles. The third-order valence-corrected chi connectivity index (χ3v) is 2.53. The normalized spacial score (nSPS) is 11.1. The summed E-state index contributed by atoms with van der Waals surface area (Å²) in [5.41, 5.74) is 3.77. The number of rotatable bonds is 1. The molecule has 0 unspecified atom stereocenters. The number of pyridine rings is 1. The van der Waals surface area contributed by atoms with Crippen molar-refractivity contribution in [1.82, 2.24) is 24.5 Å². The van der Waals surface area contributed by atoms with Gasteiger partial charge in [0, 0.05) is 13.2 Å².